The first kappa shape index (κ1) is 63.9. The van der Waals surface area contributed by atoms with Crippen LogP contribution in [0.5, 0.6) is 0 Å². The van der Waals surface area contributed by atoms with E-state index in [1.54, 1.807) is 0 Å². The minimum atomic E-state index is -0.260. The summed E-state index contributed by atoms with van der Waals surface area (Å²) in [5.41, 5.74) is 32.9. The number of hydrogen-bond donors (Lipinski definition) is 0. The van der Waals surface area contributed by atoms with Crippen molar-refractivity contribution < 1.29 is 0 Å². The highest BCUT2D eigenvalue weighted by molar-refractivity contribution is 8.01. The van der Waals surface area contributed by atoms with E-state index < -0.39 is 0 Å². The van der Waals surface area contributed by atoms with Crippen molar-refractivity contribution in [3.8, 4) is 44.5 Å². The molecule has 4 heterocycles. The van der Waals surface area contributed by atoms with Crippen LogP contribution in [0.2, 0.25) is 0 Å². The lowest BCUT2D eigenvalue weighted by molar-refractivity contribution is 0.567. The second kappa shape index (κ2) is 22.7. The maximum atomic E-state index is 2.74. The molecule has 0 amide bonds. The molecule has 96 heavy (non-hydrogen) atoms. The molecule has 6 heteroatoms. The average molecular weight is 1290 g/mol. The summed E-state index contributed by atoms with van der Waals surface area (Å²) in [6, 6.07) is 85.7. The molecule has 478 valence electrons. The van der Waals surface area contributed by atoms with Crippen LogP contribution in [0.3, 0.4) is 0 Å². The molecule has 0 fully saturated rings. The Morgan fingerprint density at radius 2 is 0.635 bits per heavy atom. The molecule has 0 aromatic heterocycles. The highest BCUT2D eigenvalue weighted by Gasteiger charge is 2.49. The Morgan fingerprint density at radius 3 is 1.02 bits per heavy atom. The lowest BCUT2D eigenvalue weighted by Crippen LogP contribution is -2.64. The number of rotatable bonds is 6. The van der Waals surface area contributed by atoms with Gasteiger partial charge in [0.15, 0.2) is 0 Å². The Balaban J connectivity index is 1.04. The van der Waals surface area contributed by atoms with Crippen LogP contribution in [-0.2, 0) is 32.5 Å². The number of hydrogen-bond acceptors (Lipinski definition) is 4. The third-order valence-corrected chi connectivity index (χ3v) is 23.3. The molecular weight excluding hydrogens is 1190 g/mol. The predicted molar refractivity (Wildman–Crippen MR) is 420 cm³/mol. The van der Waals surface area contributed by atoms with Gasteiger partial charge in [0.2, 0.25) is 13.4 Å². The van der Waals surface area contributed by atoms with Crippen molar-refractivity contribution in [2.24, 2.45) is 0 Å². The molecule has 0 radical (unpaired) electrons. The largest absolute Gasteiger partial charge is 0.311 e. The molecule has 0 spiro atoms. The van der Waals surface area contributed by atoms with E-state index in [1.807, 2.05) is 23.5 Å². The van der Waals surface area contributed by atoms with Crippen LogP contribution in [0.25, 0.3) is 44.5 Å². The quantitative estimate of drug-likeness (QED) is 0.153. The second-order valence-electron chi connectivity index (χ2n) is 33.8. The zero-order valence-corrected chi connectivity index (χ0v) is 61.3. The molecule has 15 rings (SSSR count). The third-order valence-electron chi connectivity index (χ3n) is 20.9. The predicted octanol–water partition coefficient (Wildman–Crippen LogP) is 21.7. The summed E-state index contributed by atoms with van der Waals surface area (Å²) in [7, 11) is 0. The van der Waals surface area contributed by atoms with Crippen molar-refractivity contribution in [1.29, 1.82) is 0 Å². The van der Waals surface area contributed by atoms with E-state index >= 15 is 0 Å². The molecule has 4 aliphatic rings. The number of nitrogens with zero attached hydrogens (tertiary/aromatic N) is 2. The van der Waals surface area contributed by atoms with Gasteiger partial charge in [0, 0.05) is 59.1 Å². The van der Waals surface area contributed by atoms with E-state index in [0.29, 0.717) is 0 Å². The average Bonchev–Trinajstić information content (AvgIpc) is 0.686. The van der Waals surface area contributed by atoms with Gasteiger partial charge in [-0.2, -0.15) is 0 Å². The molecule has 11 aromatic carbocycles. The van der Waals surface area contributed by atoms with Gasteiger partial charge in [-0.1, -0.05) is 329 Å². The Bertz CT molecular complexity index is 4850. The lowest BCUT2D eigenvalue weighted by atomic mass is 9.31. The van der Waals surface area contributed by atoms with Crippen molar-refractivity contribution in [3.63, 3.8) is 0 Å². The van der Waals surface area contributed by atoms with Crippen molar-refractivity contribution in [3.05, 3.63) is 252 Å². The Morgan fingerprint density at radius 1 is 0.271 bits per heavy atom. The second-order valence-corrected chi connectivity index (χ2v) is 35.9. The van der Waals surface area contributed by atoms with Gasteiger partial charge in [-0.25, -0.2) is 0 Å². The topological polar surface area (TPSA) is 6.48 Å². The summed E-state index contributed by atoms with van der Waals surface area (Å²) in [5, 5.41) is 0. The first-order valence-electron chi connectivity index (χ1n) is 34.8. The molecule has 11 aromatic rings. The van der Waals surface area contributed by atoms with Crippen molar-refractivity contribution in [1.82, 2.24) is 0 Å². The molecule has 4 aliphatic heterocycles. The lowest BCUT2D eigenvalue weighted by Gasteiger charge is -2.45. The van der Waals surface area contributed by atoms with Crippen LogP contribution in [0.4, 0.5) is 34.1 Å². The summed E-state index contributed by atoms with van der Waals surface area (Å²) in [5.74, 6) is 0. The van der Waals surface area contributed by atoms with Gasteiger partial charge < -0.3 is 9.80 Å². The number of anilines is 6. The SMILES string of the molecule is CC(C)(C)c1ccc(-c2cc3c4c(c2)N(c2ccc(C(C)(C)C)cc2)c2cc(C(C)(C)C)ccc2B4c2cc4c(c(C(C)(C)C)c2S3)Sc2cc(-c3ccc(C(C)(C)C)cc3)cc3c2B4c2ccc(C(C)(C)C)cc2N3c2c(-c3ccccc3)cccc2-c2ccccc2)cc1. The fraction of sp³-hybridized carbons (Fsp3) is 0.267. The van der Waals surface area contributed by atoms with Gasteiger partial charge in [-0.05, 0) is 170 Å². The zero-order valence-electron chi connectivity index (χ0n) is 59.7. The minimum Gasteiger partial charge on any atom is -0.311 e. The van der Waals surface area contributed by atoms with Gasteiger partial charge in [0.05, 0.1) is 5.69 Å². The summed E-state index contributed by atoms with van der Waals surface area (Å²) in [6.45, 7) is 42.4. The monoisotopic (exact) mass is 1280 g/mol. The smallest absolute Gasteiger partial charge is 0.249 e. The first-order valence-corrected chi connectivity index (χ1v) is 36.4. The van der Waals surface area contributed by atoms with Crippen LogP contribution in [0, 0.1) is 0 Å². The Labute approximate surface area is 582 Å². The fourth-order valence-corrected chi connectivity index (χ4v) is 18.6. The molecule has 0 aliphatic carbocycles. The normalized spacial score (nSPS) is 14.2. The molecule has 0 atom stereocenters. The van der Waals surface area contributed by atoms with E-state index in [1.165, 1.54) is 164 Å². The highest BCUT2D eigenvalue weighted by atomic mass is 32.2. The van der Waals surface area contributed by atoms with Crippen LogP contribution in [-0.4, -0.2) is 13.4 Å². The number of para-hydroxylation sites is 1. The van der Waals surface area contributed by atoms with E-state index in [0.717, 1.165) is 0 Å². The molecule has 0 N–H and O–H groups in total. The molecule has 0 saturated heterocycles. The van der Waals surface area contributed by atoms with Crippen molar-refractivity contribution in [2.45, 2.75) is 177 Å². The van der Waals surface area contributed by atoms with Crippen LogP contribution in [0.15, 0.2) is 238 Å². The third kappa shape index (κ3) is 10.9. The maximum absolute atomic E-state index is 2.74. The van der Waals surface area contributed by atoms with Gasteiger partial charge in [0.25, 0.3) is 0 Å². The van der Waals surface area contributed by atoms with Crippen molar-refractivity contribution >= 4 is 104 Å². The highest BCUT2D eigenvalue weighted by Crippen LogP contribution is 2.54. The van der Waals surface area contributed by atoms with Crippen molar-refractivity contribution in [2.75, 3.05) is 9.80 Å². The maximum Gasteiger partial charge on any atom is 0.249 e. The Kier molecular flexibility index (Phi) is 15.1. The van der Waals surface area contributed by atoms with Crippen LogP contribution in [0.1, 0.15) is 158 Å². The van der Waals surface area contributed by atoms with E-state index in [-0.39, 0.29) is 45.9 Å². The van der Waals surface area contributed by atoms with Gasteiger partial charge in [-0.15, -0.1) is 0 Å². The Hall–Kier alpha value is -8.15. The van der Waals surface area contributed by atoms with Crippen LogP contribution >= 0.6 is 23.5 Å². The molecule has 0 bridgehead atoms. The fourth-order valence-electron chi connectivity index (χ4n) is 15.5. The van der Waals surface area contributed by atoms with Gasteiger partial charge >= 0.3 is 0 Å². The van der Waals surface area contributed by atoms with Gasteiger partial charge in [-0.3, -0.25) is 0 Å². The van der Waals surface area contributed by atoms with E-state index in [2.05, 4.69) is 353 Å². The first-order chi connectivity index (χ1) is 45.4. The summed E-state index contributed by atoms with van der Waals surface area (Å²) < 4.78 is 0. The standard InChI is InChI=1S/C90H90B2N2S2/c1-85(2,3)61-36-32-55(33-37-61)59-48-75-80-77(50-59)95-83-71(91(80)69-46-42-64(88(10,11)12)52-73(69)93(75)66-44-40-63(41-45-66)87(7,8)9)54-72-84(79(83)90(16,17)18)96-78-51-60(56-34-38-62(39-35-56)86(4,5)6)49-76-81(78)92(72)70-47-43-65(89(13,14)15)53-74(70)94(76)82-67(57-26-21-19-22-27-57)30-25-31-68(82)58-28-23-20-24-29-58/h19-54H,1-18H3. The number of fused-ring (bicyclic) bond motifs is 8. The molecular formula is C90H90B2N2S2. The minimum absolute atomic E-state index is 0.00930. The summed E-state index contributed by atoms with van der Waals surface area (Å²) in [4.78, 5) is 10.8. The zero-order chi connectivity index (χ0) is 67.5. The van der Waals surface area contributed by atoms with E-state index in [9.17, 15) is 0 Å². The molecule has 0 unspecified atom stereocenters. The van der Waals surface area contributed by atoms with E-state index in [4.69, 9.17) is 0 Å². The van der Waals surface area contributed by atoms with Crippen LogP contribution < -0.4 is 42.6 Å². The molecule has 0 saturated carbocycles. The number of benzene rings is 11. The summed E-state index contributed by atoms with van der Waals surface area (Å²) in [6.07, 6.45) is 0. The summed E-state index contributed by atoms with van der Waals surface area (Å²) >= 11 is 4.05. The molecule has 2 nitrogen and oxygen atoms in total. The van der Waals surface area contributed by atoms with Gasteiger partial charge in [0.1, 0.15) is 0 Å².